The van der Waals surface area contributed by atoms with Crippen molar-refractivity contribution in [2.24, 2.45) is 0 Å². The molecule has 0 spiro atoms. The second kappa shape index (κ2) is 18.1. The first kappa shape index (κ1) is 38.2. The van der Waals surface area contributed by atoms with E-state index in [4.69, 9.17) is 4.74 Å². The summed E-state index contributed by atoms with van der Waals surface area (Å²) in [4.78, 5) is 18.4. The highest BCUT2D eigenvalue weighted by Crippen LogP contribution is 2.36. The Kier molecular flexibility index (Phi) is 15.7. The van der Waals surface area contributed by atoms with E-state index in [1.807, 2.05) is 45.2 Å². The Labute approximate surface area is 256 Å². The fourth-order valence-electron chi connectivity index (χ4n) is 3.80. The number of hydrogen-bond acceptors (Lipinski definition) is 5. The van der Waals surface area contributed by atoms with Crippen molar-refractivity contribution >= 4 is 12.2 Å². The summed E-state index contributed by atoms with van der Waals surface area (Å²) in [7, 11) is 5.71. The molecule has 0 radical (unpaired) electrons. The normalized spacial score (nSPS) is 11.8. The molecule has 0 aliphatic carbocycles. The summed E-state index contributed by atoms with van der Waals surface area (Å²) >= 11 is 0. The van der Waals surface area contributed by atoms with Gasteiger partial charge in [0.1, 0.15) is 5.82 Å². The number of nitrogens with one attached hydrogen (secondary N) is 1. The van der Waals surface area contributed by atoms with Crippen molar-refractivity contribution in [2.45, 2.75) is 59.1 Å². The minimum absolute atomic E-state index is 0.0562. The number of anilines is 1. The first-order valence-electron chi connectivity index (χ1n) is 14.2. The monoisotopic (exact) mass is 628 g/mol. The van der Waals surface area contributed by atoms with Gasteiger partial charge in [0.05, 0.1) is 18.2 Å². The van der Waals surface area contributed by atoms with Crippen molar-refractivity contribution in [3.05, 3.63) is 77.4 Å². The molecule has 0 saturated carbocycles. The average Bonchev–Trinajstić information content (AvgIpc) is 3.02. The maximum atomic E-state index is 12.6. The lowest BCUT2D eigenvalue weighted by Crippen LogP contribution is -2.28. The van der Waals surface area contributed by atoms with Gasteiger partial charge in [0.25, 0.3) is 0 Å². The van der Waals surface area contributed by atoms with Gasteiger partial charge in [-0.1, -0.05) is 44.2 Å². The number of ether oxygens (including phenoxy) is 1. The first-order chi connectivity index (χ1) is 20.7. The highest BCUT2D eigenvalue weighted by Gasteiger charge is 2.36. The fourth-order valence-corrected chi connectivity index (χ4v) is 3.80. The summed E-state index contributed by atoms with van der Waals surface area (Å²) in [5.41, 5.74) is -0.702. The minimum atomic E-state index is -4.88. The molecule has 1 heterocycles. The first-order valence-corrected chi connectivity index (χ1v) is 14.2. The van der Waals surface area contributed by atoms with Gasteiger partial charge >= 0.3 is 12.4 Å². The summed E-state index contributed by atoms with van der Waals surface area (Å²) < 4.78 is 80.9. The number of carbonyl (C=O) groups excluding carboxylic acids is 1. The molecule has 3 rings (SSSR count). The maximum absolute atomic E-state index is 12.6. The van der Waals surface area contributed by atoms with E-state index >= 15 is 0 Å². The summed E-state index contributed by atoms with van der Waals surface area (Å²) in [6.45, 7) is 8.55. The van der Waals surface area contributed by atoms with Gasteiger partial charge in [-0.15, -0.1) is 0 Å². The van der Waals surface area contributed by atoms with E-state index in [0.29, 0.717) is 30.5 Å². The van der Waals surface area contributed by atoms with Gasteiger partial charge < -0.3 is 19.9 Å². The predicted octanol–water partition coefficient (Wildman–Crippen LogP) is 7.92. The number of halogens is 6. The molecule has 2 aromatic carbocycles. The molecular formula is C32H42F6N4O2. The van der Waals surface area contributed by atoms with Gasteiger partial charge in [0.2, 0.25) is 12.3 Å². The Morgan fingerprint density at radius 3 is 1.95 bits per heavy atom. The molecule has 1 unspecified atom stereocenters. The molecule has 1 N–H and O–H groups in total. The largest absolute Gasteiger partial charge is 0.481 e. The van der Waals surface area contributed by atoms with Crippen LogP contribution in [0.3, 0.4) is 0 Å². The summed E-state index contributed by atoms with van der Waals surface area (Å²) in [6, 6.07) is 16.2. The Morgan fingerprint density at radius 1 is 0.932 bits per heavy atom. The van der Waals surface area contributed by atoms with Crippen LogP contribution in [0.1, 0.15) is 50.8 Å². The van der Waals surface area contributed by atoms with E-state index in [-0.39, 0.29) is 24.7 Å². The molecule has 244 valence electrons. The third-order valence-corrected chi connectivity index (χ3v) is 6.47. The molecule has 6 nitrogen and oxygen atoms in total. The molecule has 0 saturated heterocycles. The smallest absolute Gasteiger partial charge is 0.416 e. The average molecular weight is 629 g/mol. The highest BCUT2D eigenvalue weighted by atomic mass is 19.4. The van der Waals surface area contributed by atoms with Crippen molar-refractivity contribution in [1.29, 1.82) is 0 Å². The van der Waals surface area contributed by atoms with Crippen LogP contribution in [-0.4, -0.2) is 56.6 Å². The number of nitrogens with zero attached hydrogens (tertiary/aromatic N) is 3. The summed E-state index contributed by atoms with van der Waals surface area (Å²) in [5.74, 6) is 1.58. The molecule has 0 fully saturated rings. The number of aromatic nitrogens is 1. The van der Waals surface area contributed by atoms with E-state index in [0.717, 1.165) is 29.2 Å². The van der Waals surface area contributed by atoms with Gasteiger partial charge in [-0.25, -0.2) is 0 Å². The van der Waals surface area contributed by atoms with E-state index < -0.39 is 23.5 Å². The van der Waals surface area contributed by atoms with Gasteiger partial charge in [-0.3, -0.25) is 4.79 Å². The number of benzene rings is 2. The molecule has 0 aliphatic rings. The Balaban J connectivity index is 0.000000419. The second-order valence-corrected chi connectivity index (χ2v) is 9.60. The van der Waals surface area contributed by atoms with Crippen LogP contribution in [0.2, 0.25) is 0 Å². The molecule has 12 heteroatoms. The molecule has 1 amide bonds. The number of rotatable bonds is 11. The minimum Gasteiger partial charge on any atom is -0.481 e. The molecule has 44 heavy (non-hydrogen) atoms. The topological polar surface area (TPSA) is 57.7 Å². The summed E-state index contributed by atoms with van der Waals surface area (Å²) in [6.07, 6.45) is -8.33. The van der Waals surface area contributed by atoms with Crippen LogP contribution in [0.5, 0.6) is 5.88 Å². The zero-order valence-electron chi connectivity index (χ0n) is 26.2. The molecule has 1 atom stereocenters. The lowest BCUT2D eigenvalue weighted by Gasteiger charge is -2.21. The van der Waals surface area contributed by atoms with E-state index in [1.54, 1.807) is 14.0 Å². The quantitative estimate of drug-likeness (QED) is 0.173. The fraction of sp³-hybridized carbons (Fsp3) is 0.438. The number of amides is 1. The van der Waals surface area contributed by atoms with Crippen LogP contribution < -0.4 is 15.0 Å². The number of alkyl halides is 6. The maximum Gasteiger partial charge on any atom is 0.416 e. The Morgan fingerprint density at radius 2 is 1.50 bits per heavy atom. The highest BCUT2D eigenvalue weighted by molar-refractivity contribution is 5.68. The zero-order chi connectivity index (χ0) is 33.5. The standard InChI is InChI=1S/C18H25N3O.C12H11F6NO.C2H6/c1-14(19-2)10-11-21(3)17-12-16(13-18(20-17)22-4)15-8-6-5-7-9-15;1-2-19(7-20)6-8-3-9(11(13,14)15)5-10(4-8)12(16,17)18;1-2/h5-9,12-14,19H,10-11H2,1-4H3;3-5,7H,2,6H2,1H3;1-2H3. The molecule has 1 aromatic heterocycles. The Bertz CT molecular complexity index is 1240. The van der Waals surface area contributed by atoms with Crippen molar-refractivity contribution < 1.29 is 35.9 Å². The van der Waals surface area contributed by atoms with Crippen LogP contribution in [0.4, 0.5) is 32.2 Å². The van der Waals surface area contributed by atoms with E-state index in [1.165, 1.54) is 5.56 Å². The van der Waals surface area contributed by atoms with Crippen molar-refractivity contribution in [1.82, 2.24) is 15.2 Å². The number of carbonyl (C=O) groups is 1. The SMILES string of the molecule is CC.CCN(C=O)Cc1cc(C(F)(F)F)cc(C(F)(F)F)c1.CNC(C)CCN(C)c1cc(-c2ccccc2)cc(OC)n1. The lowest BCUT2D eigenvalue weighted by atomic mass is 10.0. The molecule has 3 aromatic rings. The van der Waals surface area contributed by atoms with Crippen molar-refractivity contribution in [3.63, 3.8) is 0 Å². The van der Waals surface area contributed by atoms with Crippen molar-refractivity contribution in [3.8, 4) is 17.0 Å². The third-order valence-electron chi connectivity index (χ3n) is 6.47. The Hall–Kier alpha value is -3.80. The van der Waals surface area contributed by atoms with E-state index in [2.05, 4.69) is 47.4 Å². The lowest BCUT2D eigenvalue weighted by molar-refractivity contribution is -0.143. The van der Waals surface area contributed by atoms with Crippen LogP contribution in [-0.2, 0) is 23.7 Å². The van der Waals surface area contributed by atoms with Gasteiger partial charge in [-0.05, 0) is 68.3 Å². The number of pyridine rings is 1. The van der Waals surface area contributed by atoms with Crippen LogP contribution in [0.25, 0.3) is 11.1 Å². The van der Waals surface area contributed by atoms with E-state index in [9.17, 15) is 31.1 Å². The van der Waals surface area contributed by atoms with Crippen LogP contribution in [0, 0.1) is 0 Å². The zero-order valence-corrected chi connectivity index (χ0v) is 26.2. The predicted molar refractivity (Wildman–Crippen MR) is 163 cm³/mol. The second-order valence-electron chi connectivity index (χ2n) is 9.60. The molecule has 0 bridgehead atoms. The number of methoxy groups -OCH3 is 1. The molecular weight excluding hydrogens is 586 g/mol. The third kappa shape index (κ3) is 12.4. The van der Waals surface area contributed by atoms with Crippen LogP contribution >= 0.6 is 0 Å². The van der Waals surface area contributed by atoms with Gasteiger partial charge in [-0.2, -0.15) is 31.3 Å². The number of hydrogen-bond donors (Lipinski definition) is 1. The van der Waals surface area contributed by atoms with Gasteiger partial charge in [0, 0.05) is 38.8 Å². The summed E-state index contributed by atoms with van der Waals surface area (Å²) in [5, 5.41) is 3.26. The van der Waals surface area contributed by atoms with Gasteiger partial charge in [0.15, 0.2) is 0 Å². The van der Waals surface area contributed by atoms with Crippen LogP contribution in [0.15, 0.2) is 60.7 Å². The van der Waals surface area contributed by atoms with Crippen molar-refractivity contribution in [2.75, 3.05) is 39.2 Å². The molecule has 0 aliphatic heterocycles.